The molecule has 3 unspecified atom stereocenters. The first-order valence-corrected chi connectivity index (χ1v) is 8.09. The quantitative estimate of drug-likeness (QED) is 0.885. The maximum Gasteiger partial charge on any atom is 0.106 e. The molecule has 1 heterocycles. The lowest BCUT2D eigenvalue weighted by atomic mass is 9.78. The Kier molecular flexibility index (Phi) is 4.20. The second-order valence-corrected chi connectivity index (χ2v) is 6.51. The number of nitrogens with one attached hydrogen (secondary N) is 1. The van der Waals surface area contributed by atoms with Gasteiger partial charge in [-0.1, -0.05) is 44.4 Å². The van der Waals surface area contributed by atoms with Gasteiger partial charge in [0.05, 0.1) is 10.7 Å². The fourth-order valence-electron chi connectivity index (χ4n) is 3.25. The van der Waals surface area contributed by atoms with Gasteiger partial charge < -0.3 is 5.32 Å². The van der Waals surface area contributed by atoms with Gasteiger partial charge in [-0.2, -0.15) is 5.10 Å². The van der Waals surface area contributed by atoms with Crippen LogP contribution in [0.4, 0.5) is 5.69 Å². The molecule has 3 atom stereocenters. The highest BCUT2D eigenvalue weighted by Gasteiger charge is 2.27. The van der Waals surface area contributed by atoms with Crippen molar-refractivity contribution >= 4 is 17.3 Å². The van der Waals surface area contributed by atoms with Crippen LogP contribution in [0.3, 0.4) is 0 Å². The summed E-state index contributed by atoms with van der Waals surface area (Å²) in [7, 11) is 0. The van der Waals surface area contributed by atoms with Gasteiger partial charge >= 0.3 is 0 Å². The van der Waals surface area contributed by atoms with E-state index in [1.807, 2.05) is 29.1 Å². The third-order valence-electron chi connectivity index (χ3n) is 4.77. The second kappa shape index (κ2) is 6.10. The summed E-state index contributed by atoms with van der Waals surface area (Å²) in [5, 5.41) is 8.76. The minimum absolute atomic E-state index is 0.501. The predicted octanol–water partition coefficient (Wildman–Crippen LogP) is 4.76. The molecule has 1 aliphatic rings. The standard InChI is InChI=1S/C17H22ClN3/c1-12-6-3-8-15(13(12)2)20-16-9-4-7-14(18)17(16)21-11-5-10-19-21/h4-5,7,9-13,15,20H,3,6,8H2,1-2H3. The number of hydrogen-bond acceptors (Lipinski definition) is 2. The van der Waals surface area contributed by atoms with Crippen LogP contribution in [-0.4, -0.2) is 15.8 Å². The second-order valence-electron chi connectivity index (χ2n) is 6.10. The Morgan fingerprint density at radius 2 is 2.10 bits per heavy atom. The largest absolute Gasteiger partial charge is 0.380 e. The first kappa shape index (κ1) is 14.5. The minimum atomic E-state index is 0.501. The van der Waals surface area contributed by atoms with E-state index in [4.69, 9.17) is 11.6 Å². The van der Waals surface area contributed by atoms with Crippen molar-refractivity contribution in [1.82, 2.24) is 9.78 Å². The van der Waals surface area contributed by atoms with Crippen LogP contribution >= 0.6 is 11.6 Å². The van der Waals surface area contributed by atoms with E-state index in [0.717, 1.165) is 22.3 Å². The zero-order valence-electron chi connectivity index (χ0n) is 12.6. The predicted molar refractivity (Wildman–Crippen MR) is 88.2 cm³/mol. The molecule has 1 saturated carbocycles. The molecule has 1 aromatic heterocycles. The minimum Gasteiger partial charge on any atom is -0.380 e. The molecule has 3 nitrogen and oxygen atoms in total. The zero-order valence-corrected chi connectivity index (χ0v) is 13.3. The van der Waals surface area contributed by atoms with E-state index < -0.39 is 0 Å². The number of hydrogen-bond donors (Lipinski definition) is 1. The van der Waals surface area contributed by atoms with E-state index in [0.29, 0.717) is 12.0 Å². The molecule has 4 heteroatoms. The van der Waals surface area contributed by atoms with E-state index in [2.05, 4.69) is 30.3 Å². The van der Waals surface area contributed by atoms with Gasteiger partial charge in [0.1, 0.15) is 5.69 Å². The van der Waals surface area contributed by atoms with Crippen LogP contribution in [0.2, 0.25) is 5.02 Å². The molecule has 1 N–H and O–H groups in total. The SMILES string of the molecule is CC1CCCC(Nc2cccc(Cl)c2-n2cccn2)C1C. The normalized spacial score (nSPS) is 25.8. The van der Waals surface area contributed by atoms with Crippen molar-refractivity contribution in [2.45, 2.75) is 39.2 Å². The van der Waals surface area contributed by atoms with Crippen molar-refractivity contribution in [1.29, 1.82) is 0 Å². The maximum absolute atomic E-state index is 6.40. The third-order valence-corrected chi connectivity index (χ3v) is 5.07. The van der Waals surface area contributed by atoms with Crippen molar-refractivity contribution < 1.29 is 0 Å². The Morgan fingerprint density at radius 1 is 1.24 bits per heavy atom. The first-order chi connectivity index (χ1) is 10.2. The molecular formula is C17H22ClN3. The van der Waals surface area contributed by atoms with Crippen LogP contribution in [0.15, 0.2) is 36.7 Å². The van der Waals surface area contributed by atoms with Crippen LogP contribution in [0.5, 0.6) is 0 Å². The molecule has 21 heavy (non-hydrogen) atoms. The molecule has 0 spiro atoms. The summed E-state index contributed by atoms with van der Waals surface area (Å²) < 4.78 is 1.83. The van der Waals surface area contributed by atoms with Crippen molar-refractivity contribution in [2.24, 2.45) is 11.8 Å². The van der Waals surface area contributed by atoms with E-state index in [-0.39, 0.29) is 0 Å². The van der Waals surface area contributed by atoms with Gasteiger partial charge in [-0.15, -0.1) is 0 Å². The highest BCUT2D eigenvalue weighted by Crippen LogP contribution is 2.34. The Balaban J connectivity index is 1.91. The summed E-state index contributed by atoms with van der Waals surface area (Å²) in [6.07, 6.45) is 7.55. The Morgan fingerprint density at radius 3 is 2.86 bits per heavy atom. The van der Waals surface area contributed by atoms with Gasteiger partial charge in [-0.3, -0.25) is 0 Å². The molecule has 0 bridgehead atoms. The zero-order chi connectivity index (χ0) is 14.8. The summed E-state index contributed by atoms with van der Waals surface area (Å²) in [4.78, 5) is 0. The molecule has 112 valence electrons. The third kappa shape index (κ3) is 2.93. The number of anilines is 1. The number of rotatable bonds is 3. The molecule has 1 fully saturated rings. The molecule has 1 aliphatic carbocycles. The lowest BCUT2D eigenvalue weighted by molar-refractivity contribution is 0.253. The molecule has 1 aromatic carbocycles. The van der Waals surface area contributed by atoms with Crippen LogP contribution in [0.1, 0.15) is 33.1 Å². The van der Waals surface area contributed by atoms with Gasteiger partial charge in [0, 0.05) is 18.4 Å². The van der Waals surface area contributed by atoms with Crippen molar-refractivity contribution in [3.8, 4) is 5.69 Å². The van der Waals surface area contributed by atoms with Crippen LogP contribution in [0, 0.1) is 11.8 Å². The summed E-state index contributed by atoms with van der Waals surface area (Å²) in [5.74, 6) is 1.44. The topological polar surface area (TPSA) is 29.9 Å². The molecule has 0 radical (unpaired) electrons. The fourth-order valence-corrected chi connectivity index (χ4v) is 3.51. The van der Waals surface area contributed by atoms with Crippen LogP contribution in [0.25, 0.3) is 5.69 Å². The average molecular weight is 304 g/mol. The molecule has 3 rings (SSSR count). The first-order valence-electron chi connectivity index (χ1n) is 7.72. The van der Waals surface area contributed by atoms with E-state index in [1.165, 1.54) is 19.3 Å². The van der Waals surface area contributed by atoms with E-state index in [1.54, 1.807) is 6.20 Å². The van der Waals surface area contributed by atoms with Crippen molar-refractivity contribution in [2.75, 3.05) is 5.32 Å². The van der Waals surface area contributed by atoms with Crippen LogP contribution in [-0.2, 0) is 0 Å². The number of para-hydroxylation sites is 1. The fraction of sp³-hybridized carbons (Fsp3) is 0.471. The van der Waals surface area contributed by atoms with Gasteiger partial charge in [0.15, 0.2) is 0 Å². The number of halogens is 1. The number of benzene rings is 1. The van der Waals surface area contributed by atoms with Crippen LogP contribution < -0.4 is 5.32 Å². The maximum atomic E-state index is 6.40. The highest BCUT2D eigenvalue weighted by atomic mass is 35.5. The summed E-state index contributed by atoms with van der Waals surface area (Å²) in [5.41, 5.74) is 2.01. The van der Waals surface area contributed by atoms with E-state index in [9.17, 15) is 0 Å². The molecule has 0 saturated heterocycles. The Labute approximate surface area is 131 Å². The highest BCUT2D eigenvalue weighted by molar-refractivity contribution is 6.33. The van der Waals surface area contributed by atoms with E-state index >= 15 is 0 Å². The van der Waals surface area contributed by atoms with Gasteiger partial charge in [0.2, 0.25) is 0 Å². The summed E-state index contributed by atoms with van der Waals surface area (Å²) >= 11 is 6.40. The number of nitrogens with zero attached hydrogens (tertiary/aromatic N) is 2. The smallest absolute Gasteiger partial charge is 0.106 e. The van der Waals surface area contributed by atoms with Gasteiger partial charge in [0.25, 0.3) is 0 Å². The molecule has 0 aliphatic heterocycles. The lowest BCUT2D eigenvalue weighted by Gasteiger charge is -2.35. The molecule has 2 aromatic rings. The average Bonchev–Trinajstić information content (AvgIpc) is 2.98. The number of aromatic nitrogens is 2. The lowest BCUT2D eigenvalue weighted by Crippen LogP contribution is -2.35. The Hall–Kier alpha value is -1.48. The molecule has 0 amide bonds. The van der Waals surface area contributed by atoms with Gasteiger partial charge in [-0.05, 0) is 36.5 Å². The monoisotopic (exact) mass is 303 g/mol. The Bertz CT molecular complexity index is 594. The van der Waals surface area contributed by atoms with Gasteiger partial charge in [-0.25, -0.2) is 4.68 Å². The molecular weight excluding hydrogens is 282 g/mol. The summed E-state index contributed by atoms with van der Waals surface area (Å²) in [6.45, 7) is 4.70. The van der Waals surface area contributed by atoms with Crippen molar-refractivity contribution in [3.05, 3.63) is 41.7 Å². The van der Waals surface area contributed by atoms with Crippen molar-refractivity contribution in [3.63, 3.8) is 0 Å². The summed E-state index contributed by atoms with van der Waals surface area (Å²) in [6, 6.07) is 8.42.